The first-order chi connectivity index (χ1) is 17.2. The Morgan fingerprint density at radius 3 is 2.53 bits per heavy atom. The van der Waals surface area contributed by atoms with Crippen molar-refractivity contribution in [1.82, 2.24) is 25.0 Å². The van der Waals surface area contributed by atoms with Gasteiger partial charge < -0.3 is 14.6 Å². The number of halogens is 1. The number of aromatic nitrogens is 3. The molecular formula is C28H36FN5O2. The van der Waals surface area contributed by atoms with E-state index >= 15 is 0 Å². The van der Waals surface area contributed by atoms with Gasteiger partial charge in [0.2, 0.25) is 0 Å². The lowest BCUT2D eigenvalue weighted by Crippen LogP contribution is -2.32. The molecule has 0 unspecified atom stereocenters. The van der Waals surface area contributed by atoms with Crippen molar-refractivity contribution in [1.29, 1.82) is 0 Å². The van der Waals surface area contributed by atoms with Crippen molar-refractivity contribution in [3.05, 3.63) is 76.1 Å². The van der Waals surface area contributed by atoms with E-state index < -0.39 is 0 Å². The fourth-order valence-corrected chi connectivity index (χ4v) is 4.91. The zero-order chi connectivity index (χ0) is 25.8. The van der Waals surface area contributed by atoms with Crippen molar-refractivity contribution in [2.24, 2.45) is 5.92 Å². The molecule has 1 aromatic heterocycles. The molecule has 1 N–H and O–H groups in total. The Kier molecular flexibility index (Phi) is 8.04. The summed E-state index contributed by atoms with van der Waals surface area (Å²) in [6, 6.07) is 10.7. The summed E-state index contributed by atoms with van der Waals surface area (Å²) >= 11 is 0. The van der Waals surface area contributed by atoms with Crippen LogP contribution in [0.3, 0.4) is 0 Å². The number of nitrogens with zero attached hydrogens (tertiary/aromatic N) is 4. The highest BCUT2D eigenvalue weighted by Crippen LogP contribution is 2.24. The molecule has 2 heterocycles. The van der Waals surface area contributed by atoms with Crippen LogP contribution in [-0.4, -0.2) is 45.8 Å². The number of nitrogens with one attached hydrogen (secondary N) is 1. The van der Waals surface area contributed by atoms with Crippen LogP contribution < -0.4 is 10.1 Å². The van der Waals surface area contributed by atoms with E-state index in [0.717, 1.165) is 60.8 Å². The first-order valence-corrected chi connectivity index (χ1v) is 12.6. The highest BCUT2D eigenvalue weighted by Gasteiger charge is 2.26. The van der Waals surface area contributed by atoms with Crippen molar-refractivity contribution in [3.63, 3.8) is 0 Å². The number of benzene rings is 2. The Labute approximate surface area is 212 Å². The Hall–Kier alpha value is -3.26. The molecule has 1 amide bonds. The van der Waals surface area contributed by atoms with E-state index in [0.29, 0.717) is 18.0 Å². The van der Waals surface area contributed by atoms with Crippen LogP contribution in [0, 0.1) is 25.6 Å². The maximum atomic E-state index is 13.8. The number of ether oxygens (including phenoxy) is 1. The summed E-state index contributed by atoms with van der Waals surface area (Å²) in [7, 11) is 1.48. The van der Waals surface area contributed by atoms with Gasteiger partial charge in [0.1, 0.15) is 5.82 Å². The Bertz CT molecular complexity index is 1200. The minimum Gasteiger partial charge on any atom is -0.494 e. The predicted molar refractivity (Wildman–Crippen MR) is 138 cm³/mol. The number of fused-ring (bicyclic) bond motifs is 1. The van der Waals surface area contributed by atoms with E-state index in [1.807, 2.05) is 26.0 Å². The van der Waals surface area contributed by atoms with Crippen LogP contribution in [-0.2, 0) is 19.5 Å². The van der Waals surface area contributed by atoms with Crippen molar-refractivity contribution >= 4 is 5.91 Å². The molecule has 0 aliphatic carbocycles. The number of carbonyl (C=O) groups is 1. The number of carbonyl (C=O) groups excluding carboxylic acids is 1. The van der Waals surface area contributed by atoms with Crippen LogP contribution in [0.4, 0.5) is 4.39 Å². The number of hydrogen-bond donors (Lipinski definition) is 1. The summed E-state index contributed by atoms with van der Waals surface area (Å²) in [5.74, 6) is 1.92. The third-order valence-corrected chi connectivity index (χ3v) is 6.58. The van der Waals surface area contributed by atoms with Gasteiger partial charge in [0.05, 0.1) is 13.2 Å². The van der Waals surface area contributed by atoms with E-state index in [2.05, 4.69) is 44.9 Å². The summed E-state index contributed by atoms with van der Waals surface area (Å²) in [5.41, 5.74) is 3.80. The molecule has 192 valence electrons. The standard InChI is InChI=1S/C28H36FN5O2/c1-18(2)12-24(30-28(35)22-14-19(3)13-20(4)15-22)27-32-31-26-8-9-33(10-11-34(26)27)17-21-6-7-23(29)25(16-21)36-5/h6-7,13-16,18,24H,8-12,17H2,1-5H3,(H,30,35)/t24-/m0/s1. The number of amides is 1. The molecular weight excluding hydrogens is 457 g/mol. The maximum Gasteiger partial charge on any atom is 0.251 e. The largest absolute Gasteiger partial charge is 0.494 e. The lowest BCUT2D eigenvalue weighted by molar-refractivity contribution is 0.0928. The van der Waals surface area contributed by atoms with E-state index in [1.165, 1.54) is 13.2 Å². The van der Waals surface area contributed by atoms with E-state index in [4.69, 9.17) is 4.74 Å². The van der Waals surface area contributed by atoms with Crippen molar-refractivity contribution in [3.8, 4) is 5.75 Å². The van der Waals surface area contributed by atoms with Crippen molar-refractivity contribution < 1.29 is 13.9 Å². The van der Waals surface area contributed by atoms with Crippen molar-refractivity contribution in [2.45, 2.75) is 59.7 Å². The lowest BCUT2D eigenvalue weighted by Gasteiger charge is -2.22. The first kappa shape index (κ1) is 25.8. The summed E-state index contributed by atoms with van der Waals surface area (Å²) in [6.45, 7) is 11.3. The molecule has 0 radical (unpaired) electrons. The lowest BCUT2D eigenvalue weighted by atomic mass is 10.0. The molecule has 1 aliphatic heterocycles. The van der Waals surface area contributed by atoms with E-state index in [9.17, 15) is 9.18 Å². The molecule has 8 heteroatoms. The first-order valence-electron chi connectivity index (χ1n) is 12.6. The van der Waals surface area contributed by atoms with Crippen LogP contribution in [0.1, 0.15) is 65.0 Å². The average Bonchev–Trinajstić information content (AvgIpc) is 3.13. The fraction of sp³-hybridized carbons (Fsp3) is 0.464. The summed E-state index contributed by atoms with van der Waals surface area (Å²) < 4.78 is 21.1. The van der Waals surface area contributed by atoms with Gasteiger partial charge in [-0.05, 0) is 56.0 Å². The van der Waals surface area contributed by atoms with Crippen LogP contribution in [0.5, 0.6) is 5.75 Å². The molecule has 0 saturated heterocycles. The molecule has 3 aromatic rings. The minimum absolute atomic E-state index is 0.0923. The molecule has 7 nitrogen and oxygen atoms in total. The van der Waals surface area contributed by atoms with E-state index in [-0.39, 0.29) is 23.5 Å². The zero-order valence-electron chi connectivity index (χ0n) is 21.8. The van der Waals surface area contributed by atoms with Gasteiger partial charge in [-0.2, -0.15) is 0 Å². The molecule has 0 saturated carbocycles. The fourth-order valence-electron chi connectivity index (χ4n) is 4.91. The van der Waals surface area contributed by atoms with Gasteiger partial charge in [-0.1, -0.05) is 37.1 Å². The number of hydrogen-bond acceptors (Lipinski definition) is 5. The van der Waals surface area contributed by atoms with Crippen LogP contribution >= 0.6 is 0 Å². The van der Waals surface area contributed by atoms with Gasteiger partial charge in [-0.15, -0.1) is 10.2 Å². The van der Waals surface area contributed by atoms with E-state index in [1.54, 1.807) is 12.1 Å². The van der Waals surface area contributed by atoms with Gasteiger partial charge in [0.25, 0.3) is 5.91 Å². The number of methoxy groups -OCH3 is 1. The SMILES string of the molecule is COc1cc(CN2CCc3nnc([C@H](CC(C)C)NC(=O)c4cc(C)cc(C)c4)n3CC2)ccc1F. The second-order valence-electron chi connectivity index (χ2n) is 10.2. The zero-order valence-corrected chi connectivity index (χ0v) is 21.8. The highest BCUT2D eigenvalue weighted by atomic mass is 19.1. The Balaban J connectivity index is 1.50. The van der Waals surface area contributed by atoms with Gasteiger partial charge in [-0.25, -0.2) is 4.39 Å². The molecule has 0 spiro atoms. The highest BCUT2D eigenvalue weighted by molar-refractivity contribution is 5.94. The molecule has 0 bridgehead atoms. The number of rotatable bonds is 8. The average molecular weight is 494 g/mol. The molecule has 36 heavy (non-hydrogen) atoms. The third kappa shape index (κ3) is 6.10. The molecule has 0 fully saturated rings. The van der Waals surface area contributed by atoms with Crippen molar-refractivity contribution in [2.75, 3.05) is 20.2 Å². The second kappa shape index (κ2) is 11.2. The van der Waals surface area contributed by atoms with Crippen LogP contribution in [0.25, 0.3) is 0 Å². The molecule has 1 aliphatic rings. The Morgan fingerprint density at radius 2 is 1.83 bits per heavy atom. The summed E-state index contributed by atoms with van der Waals surface area (Å²) in [5, 5.41) is 12.3. The molecule has 4 rings (SSSR count). The normalized spacial score (nSPS) is 14.9. The van der Waals surface area contributed by atoms with Gasteiger partial charge in [0, 0.05) is 38.2 Å². The topological polar surface area (TPSA) is 72.3 Å². The quantitative estimate of drug-likeness (QED) is 0.496. The minimum atomic E-state index is -0.355. The monoisotopic (exact) mass is 493 g/mol. The molecule has 1 atom stereocenters. The summed E-state index contributed by atoms with van der Waals surface area (Å²) in [4.78, 5) is 15.5. The number of aryl methyl sites for hydroxylation is 2. The maximum absolute atomic E-state index is 13.8. The summed E-state index contributed by atoms with van der Waals surface area (Å²) in [6.07, 6.45) is 1.53. The third-order valence-electron chi connectivity index (χ3n) is 6.58. The molecule has 2 aromatic carbocycles. The van der Waals surface area contributed by atoms with Crippen LogP contribution in [0.2, 0.25) is 0 Å². The smallest absolute Gasteiger partial charge is 0.251 e. The Morgan fingerprint density at radius 1 is 1.08 bits per heavy atom. The van der Waals surface area contributed by atoms with Gasteiger partial charge >= 0.3 is 0 Å². The van der Waals surface area contributed by atoms with Crippen LogP contribution in [0.15, 0.2) is 36.4 Å². The van der Waals surface area contributed by atoms with Gasteiger partial charge in [-0.3, -0.25) is 9.69 Å². The second-order valence-corrected chi connectivity index (χ2v) is 10.2. The van der Waals surface area contributed by atoms with Gasteiger partial charge in [0.15, 0.2) is 17.4 Å². The predicted octanol–water partition coefficient (Wildman–Crippen LogP) is 4.62.